The zero-order valence-corrected chi connectivity index (χ0v) is 12.5. The minimum absolute atomic E-state index is 0. The van der Waals surface area contributed by atoms with Crippen molar-refractivity contribution in [1.29, 1.82) is 0 Å². The summed E-state index contributed by atoms with van der Waals surface area (Å²) in [6, 6.07) is 5.15. The molecule has 0 amide bonds. The summed E-state index contributed by atoms with van der Waals surface area (Å²) < 4.78 is 31.9. The summed E-state index contributed by atoms with van der Waals surface area (Å²) in [5, 5.41) is 0. The average Bonchev–Trinajstić information content (AvgIpc) is 2.15. The first-order valence-corrected chi connectivity index (χ1v) is 5.45. The smallest absolute Gasteiger partial charge is 0.744 e. The minimum atomic E-state index is -4.47. The van der Waals surface area contributed by atoms with Crippen molar-refractivity contribution in [3.63, 3.8) is 0 Å². The van der Waals surface area contributed by atoms with Crippen molar-refractivity contribution in [3.05, 3.63) is 29.8 Å². The van der Waals surface area contributed by atoms with Gasteiger partial charge in [-0.3, -0.25) is 4.79 Å². The van der Waals surface area contributed by atoms with Gasteiger partial charge in [0.25, 0.3) is 0 Å². The molecule has 0 fully saturated rings. The van der Waals surface area contributed by atoms with Gasteiger partial charge in [-0.25, -0.2) is 8.42 Å². The first kappa shape index (κ1) is 15.4. The number of hydrogen-bond acceptors (Lipinski definition) is 4. The molecule has 1 rings (SSSR count). The summed E-state index contributed by atoms with van der Waals surface area (Å²) in [4.78, 5) is 10.8. The second kappa shape index (κ2) is 6.24. The first-order valence-electron chi connectivity index (χ1n) is 4.04. The Hall–Kier alpha value is 0.436. The van der Waals surface area contributed by atoms with Gasteiger partial charge in [0, 0.05) is 12.0 Å². The molecular weight excluding hydrogens is 243 g/mol. The third-order valence-corrected chi connectivity index (χ3v) is 2.60. The Morgan fingerprint density at radius 2 is 2.00 bits per heavy atom. The van der Waals surface area contributed by atoms with Gasteiger partial charge in [-0.1, -0.05) is 19.1 Å². The van der Waals surface area contributed by atoms with E-state index in [1.807, 2.05) is 0 Å². The number of carbonyl (C=O) groups excluding carboxylic acids is 1. The topological polar surface area (TPSA) is 74.3 Å². The number of rotatable bonds is 3. The summed E-state index contributed by atoms with van der Waals surface area (Å²) in [6.07, 6.45) is 0.280. The predicted octanol–water partition coefficient (Wildman–Crippen LogP) is -1.81. The molecule has 1 aromatic carbocycles. The normalized spacial score (nSPS) is 10.5. The van der Waals surface area contributed by atoms with Crippen molar-refractivity contribution >= 4 is 15.9 Å². The third-order valence-electron chi connectivity index (χ3n) is 1.77. The van der Waals surface area contributed by atoms with Crippen LogP contribution < -0.4 is 51.4 Å². The molecule has 0 radical (unpaired) electrons. The van der Waals surface area contributed by atoms with Crippen molar-refractivity contribution in [3.8, 4) is 0 Å². The largest absolute Gasteiger partial charge is 1.00 e. The SMILES string of the molecule is CCC(=O)c1cccc(S(=O)(=O)[O-])c1.[K+]. The van der Waals surface area contributed by atoms with Gasteiger partial charge in [-0.05, 0) is 12.1 Å². The van der Waals surface area contributed by atoms with E-state index in [4.69, 9.17) is 0 Å². The Bertz CT molecular complexity index is 453. The molecule has 15 heavy (non-hydrogen) atoms. The number of ketones is 1. The van der Waals surface area contributed by atoms with E-state index in [9.17, 15) is 17.8 Å². The fourth-order valence-electron chi connectivity index (χ4n) is 1.03. The van der Waals surface area contributed by atoms with Crippen LogP contribution in [0.4, 0.5) is 0 Å². The number of hydrogen-bond donors (Lipinski definition) is 0. The molecule has 0 spiro atoms. The number of benzene rings is 1. The fraction of sp³-hybridized carbons (Fsp3) is 0.222. The Morgan fingerprint density at radius 1 is 1.40 bits per heavy atom. The number of carbonyl (C=O) groups is 1. The summed E-state index contributed by atoms with van der Waals surface area (Å²) in [7, 11) is -4.47. The first-order chi connectivity index (χ1) is 6.45. The molecule has 0 aliphatic rings. The van der Waals surface area contributed by atoms with Crippen LogP contribution in [-0.2, 0) is 10.1 Å². The Kier molecular flexibility index (Phi) is 6.42. The van der Waals surface area contributed by atoms with Crippen molar-refractivity contribution < 1.29 is 69.1 Å². The van der Waals surface area contributed by atoms with Gasteiger partial charge < -0.3 is 4.55 Å². The molecule has 4 nitrogen and oxygen atoms in total. The average molecular weight is 252 g/mol. The van der Waals surface area contributed by atoms with E-state index in [2.05, 4.69) is 0 Å². The van der Waals surface area contributed by atoms with Crippen LogP contribution in [0.2, 0.25) is 0 Å². The van der Waals surface area contributed by atoms with E-state index >= 15 is 0 Å². The van der Waals surface area contributed by atoms with E-state index in [1.54, 1.807) is 6.92 Å². The zero-order chi connectivity index (χ0) is 10.8. The Labute approximate surface area is 131 Å². The second-order valence-electron chi connectivity index (χ2n) is 2.76. The minimum Gasteiger partial charge on any atom is -0.744 e. The molecular formula is C9H9KO4S. The van der Waals surface area contributed by atoms with Crippen LogP contribution in [0.5, 0.6) is 0 Å². The molecule has 6 heteroatoms. The molecule has 0 aliphatic carbocycles. The van der Waals surface area contributed by atoms with Crippen LogP contribution >= 0.6 is 0 Å². The molecule has 0 aliphatic heterocycles. The van der Waals surface area contributed by atoms with Gasteiger partial charge in [0.15, 0.2) is 5.78 Å². The van der Waals surface area contributed by atoms with Crippen LogP contribution in [0.25, 0.3) is 0 Å². The summed E-state index contributed by atoms with van der Waals surface area (Å²) in [5.74, 6) is -0.185. The van der Waals surface area contributed by atoms with Crippen LogP contribution in [0.1, 0.15) is 23.7 Å². The fourth-order valence-corrected chi connectivity index (χ4v) is 1.55. The van der Waals surface area contributed by atoms with Gasteiger partial charge in [0.05, 0.1) is 4.90 Å². The van der Waals surface area contributed by atoms with Crippen LogP contribution in [0, 0.1) is 0 Å². The van der Waals surface area contributed by atoms with Crippen LogP contribution in [0.3, 0.4) is 0 Å². The molecule has 0 atom stereocenters. The van der Waals surface area contributed by atoms with E-state index in [1.165, 1.54) is 18.2 Å². The maximum atomic E-state index is 11.2. The van der Waals surface area contributed by atoms with E-state index in [0.29, 0.717) is 0 Å². The van der Waals surface area contributed by atoms with Crippen molar-refractivity contribution in [2.45, 2.75) is 18.2 Å². The molecule has 0 aromatic heterocycles. The van der Waals surface area contributed by atoms with Gasteiger partial charge in [0.1, 0.15) is 10.1 Å². The van der Waals surface area contributed by atoms with Gasteiger partial charge in [-0.2, -0.15) is 0 Å². The molecule has 76 valence electrons. The zero-order valence-electron chi connectivity index (χ0n) is 8.56. The van der Waals surface area contributed by atoms with Gasteiger partial charge >= 0.3 is 51.4 Å². The molecule has 0 saturated carbocycles. The van der Waals surface area contributed by atoms with Crippen LogP contribution in [-0.4, -0.2) is 18.8 Å². The summed E-state index contributed by atoms with van der Waals surface area (Å²) >= 11 is 0. The molecule has 0 unspecified atom stereocenters. The van der Waals surface area contributed by atoms with Crippen molar-refractivity contribution in [2.75, 3.05) is 0 Å². The Morgan fingerprint density at radius 3 is 2.47 bits per heavy atom. The third kappa shape index (κ3) is 4.44. The molecule has 0 heterocycles. The van der Waals surface area contributed by atoms with E-state index < -0.39 is 10.1 Å². The molecule has 1 aromatic rings. The second-order valence-corrected chi connectivity index (χ2v) is 4.14. The summed E-state index contributed by atoms with van der Waals surface area (Å²) in [6.45, 7) is 1.67. The number of Topliss-reactive ketones (excluding diaryl/α,β-unsaturated/α-hetero) is 1. The van der Waals surface area contributed by atoms with Crippen molar-refractivity contribution in [2.24, 2.45) is 0 Å². The Balaban J connectivity index is 0.00000196. The monoisotopic (exact) mass is 252 g/mol. The van der Waals surface area contributed by atoms with Crippen LogP contribution in [0.15, 0.2) is 29.2 Å². The quantitative estimate of drug-likeness (QED) is 0.361. The van der Waals surface area contributed by atoms with Crippen molar-refractivity contribution in [1.82, 2.24) is 0 Å². The predicted molar refractivity (Wildman–Crippen MR) is 49.0 cm³/mol. The molecule has 0 N–H and O–H groups in total. The maximum absolute atomic E-state index is 11.2. The van der Waals surface area contributed by atoms with Gasteiger partial charge in [-0.15, -0.1) is 0 Å². The molecule has 0 saturated heterocycles. The van der Waals surface area contributed by atoms with Gasteiger partial charge in [0.2, 0.25) is 0 Å². The summed E-state index contributed by atoms with van der Waals surface area (Å²) in [5.41, 5.74) is 0.254. The maximum Gasteiger partial charge on any atom is 1.00 e. The van der Waals surface area contributed by atoms with E-state index in [0.717, 1.165) is 6.07 Å². The molecule has 0 bridgehead atoms. The van der Waals surface area contributed by atoms with E-state index in [-0.39, 0.29) is 74.0 Å². The standard InChI is InChI=1S/C9H10O4S.K/c1-2-9(10)7-4-3-5-8(6-7)14(11,12)13;/h3-6H,2H2,1H3,(H,11,12,13);/q;+1/p-1.